The predicted molar refractivity (Wildman–Crippen MR) is 90.3 cm³/mol. The molecular formula is C16H23N3O4S. The Hall–Kier alpha value is -1.51. The van der Waals surface area contributed by atoms with Gasteiger partial charge in [0.1, 0.15) is 0 Å². The van der Waals surface area contributed by atoms with Crippen LogP contribution in [0.2, 0.25) is 0 Å². The molecule has 0 aliphatic carbocycles. The van der Waals surface area contributed by atoms with Crippen molar-refractivity contribution in [3.63, 3.8) is 0 Å². The molecule has 0 saturated carbocycles. The van der Waals surface area contributed by atoms with Gasteiger partial charge in [0.15, 0.2) is 0 Å². The van der Waals surface area contributed by atoms with Gasteiger partial charge in [0.25, 0.3) is 5.69 Å². The smallest absolute Gasteiger partial charge is 0.270 e. The maximum absolute atomic E-state index is 12.7. The molecule has 1 aromatic carbocycles. The minimum atomic E-state index is -3.66. The van der Waals surface area contributed by atoms with Crippen molar-refractivity contribution in [2.45, 2.75) is 43.0 Å². The van der Waals surface area contributed by atoms with Crippen LogP contribution in [0.15, 0.2) is 29.2 Å². The zero-order chi connectivity index (χ0) is 17.2. The van der Waals surface area contributed by atoms with E-state index in [1.54, 1.807) is 0 Å². The monoisotopic (exact) mass is 353 g/mol. The van der Waals surface area contributed by atoms with Crippen molar-refractivity contribution in [2.24, 2.45) is 0 Å². The van der Waals surface area contributed by atoms with Gasteiger partial charge in [0.2, 0.25) is 10.0 Å². The Kier molecular flexibility index (Phi) is 5.17. The Labute approximate surface area is 142 Å². The number of hydrogen-bond donors (Lipinski definition) is 0. The fourth-order valence-corrected chi connectivity index (χ4v) is 5.15. The first-order chi connectivity index (χ1) is 11.5. The van der Waals surface area contributed by atoms with Crippen molar-refractivity contribution < 1.29 is 13.3 Å². The van der Waals surface area contributed by atoms with Crippen molar-refractivity contribution >= 4 is 15.7 Å². The van der Waals surface area contributed by atoms with Gasteiger partial charge < -0.3 is 4.90 Å². The molecule has 2 fully saturated rings. The summed E-state index contributed by atoms with van der Waals surface area (Å²) in [4.78, 5) is 12.8. The molecule has 0 atom stereocenters. The average Bonchev–Trinajstić information content (AvgIpc) is 2.62. The second kappa shape index (κ2) is 7.16. The lowest BCUT2D eigenvalue weighted by atomic mass is 10.0. The van der Waals surface area contributed by atoms with Crippen LogP contribution in [-0.2, 0) is 10.0 Å². The molecule has 8 heteroatoms. The number of piperidine rings is 2. The quantitative estimate of drug-likeness (QED) is 0.612. The van der Waals surface area contributed by atoms with Crippen LogP contribution >= 0.6 is 0 Å². The summed E-state index contributed by atoms with van der Waals surface area (Å²) in [6, 6.07) is 5.76. The highest BCUT2D eigenvalue weighted by Gasteiger charge is 2.32. The Morgan fingerprint density at radius 2 is 1.71 bits per heavy atom. The van der Waals surface area contributed by atoms with E-state index in [0.29, 0.717) is 19.1 Å². The Bertz CT molecular complexity index is 693. The first kappa shape index (κ1) is 17.3. The van der Waals surface area contributed by atoms with E-state index < -0.39 is 14.9 Å². The van der Waals surface area contributed by atoms with Crippen molar-refractivity contribution in [1.29, 1.82) is 0 Å². The summed E-state index contributed by atoms with van der Waals surface area (Å²) in [5, 5.41) is 10.9. The highest BCUT2D eigenvalue weighted by atomic mass is 32.2. The lowest BCUT2D eigenvalue weighted by Crippen LogP contribution is -2.48. The minimum absolute atomic E-state index is 0.00752. The Balaban J connectivity index is 1.68. The van der Waals surface area contributed by atoms with E-state index in [9.17, 15) is 18.5 Å². The third-order valence-electron chi connectivity index (χ3n) is 5.00. The van der Waals surface area contributed by atoms with E-state index >= 15 is 0 Å². The van der Waals surface area contributed by atoms with Gasteiger partial charge in [-0.25, -0.2) is 8.42 Å². The van der Waals surface area contributed by atoms with Crippen LogP contribution < -0.4 is 0 Å². The number of hydrogen-bond acceptors (Lipinski definition) is 5. The van der Waals surface area contributed by atoms with Gasteiger partial charge in [-0.1, -0.05) is 12.5 Å². The van der Waals surface area contributed by atoms with Crippen LogP contribution in [0.25, 0.3) is 0 Å². The molecule has 0 spiro atoms. The van der Waals surface area contributed by atoms with Gasteiger partial charge in [-0.2, -0.15) is 4.31 Å². The summed E-state index contributed by atoms with van der Waals surface area (Å²) in [5.74, 6) is 0. The molecule has 2 aliphatic rings. The van der Waals surface area contributed by atoms with E-state index in [4.69, 9.17) is 0 Å². The van der Waals surface area contributed by atoms with Gasteiger partial charge in [-0.3, -0.25) is 10.1 Å². The maximum Gasteiger partial charge on any atom is 0.270 e. The number of benzene rings is 1. The molecule has 0 bridgehead atoms. The molecular weight excluding hydrogens is 330 g/mol. The van der Waals surface area contributed by atoms with Gasteiger partial charge in [0.05, 0.1) is 9.82 Å². The summed E-state index contributed by atoms with van der Waals surface area (Å²) in [6.45, 7) is 3.18. The first-order valence-corrected chi connectivity index (χ1v) is 9.91. The molecule has 132 valence electrons. The molecule has 2 saturated heterocycles. The maximum atomic E-state index is 12.7. The number of nitro groups is 1. The Morgan fingerprint density at radius 3 is 2.33 bits per heavy atom. The second-order valence-electron chi connectivity index (χ2n) is 6.49. The third kappa shape index (κ3) is 3.60. The molecule has 0 aromatic heterocycles. The Morgan fingerprint density at radius 1 is 1.04 bits per heavy atom. The summed E-state index contributed by atoms with van der Waals surface area (Å²) < 4.78 is 26.9. The van der Waals surface area contributed by atoms with Crippen LogP contribution in [0, 0.1) is 10.1 Å². The molecule has 0 unspecified atom stereocenters. The average molecular weight is 353 g/mol. The van der Waals surface area contributed by atoms with Crippen LogP contribution in [0.3, 0.4) is 0 Å². The molecule has 24 heavy (non-hydrogen) atoms. The summed E-state index contributed by atoms with van der Waals surface area (Å²) >= 11 is 0. The molecule has 1 aromatic rings. The lowest BCUT2D eigenvalue weighted by Gasteiger charge is -2.39. The number of rotatable bonds is 4. The SMILES string of the molecule is O=[N+]([O-])c1cccc(S(=O)(=O)N2CCC(N3CCCCC3)CC2)c1. The van der Waals surface area contributed by atoms with Crippen LogP contribution in [0.5, 0.6) is 0 Å². The zero-order valence-electron chi connectivity index (χ0n) is 13.6. The minimum Gasteiger partial charge on any atom is -0.300 e. The highest BCUT2D eigenvalue weighted by molar-refractivity contribution is 7.89. The largest absolute Gasteiger partial charge is 0.300 e. The standard InChI is InChI=1S/C16H23N3O4S/c20-19(21)15-5-4-6-16(13-15)24(22,23)18-11-7-14(8-12-18)17-9-2-1-3-10-17/h4-6,13-14H,1-3,7-12H2. The van der Waals surface area contributed by atoms with E-state index in [-0.39, 0.29) is 10.6 Å². The van der Waals surface area contributed by atoms with E-state index in [0.717, 1.165) is 32.0 Å². The topological polar surface area (TPSA) is 83.8 Å². The fourth-order valence-electron chi connectivity index (χ4n) is 3.64. The molecule has 2 heterocycles. The molecule has 3 rings (SSSR count). The van der Waals surface area contributed by atoms with Gasteiger partial charge in [-0.05, 0) is 44.8 Å². The van der Waals surface area contributed by atoms with Crippen molar-refractivity contribution in [2.75, 3.05) is 26.2 Å². The van der Waals surface area contributed by atoms with Crippen LogP contribution in [-0.4, -0.2) is 54.8 Å². The van der Waals surface area contributed by atoms with Gasteiger partial charge in [0, 0.05) is 31.3 Å². The van der Waals surface area contributed by atoms with Crippen LogP contribution in [0.4, 0.5) is 5.69 Å². The van der Waals surface area contributed by atoms with Crippen molar-refractivity contribution in [3.8, 4) is 0 Å². The highest BCUT2D eigenvalue weighted by Crippen LogP contribution is 2.26. The number of non-ortho nitro benzene ring substituents is 1. The summed E-state index contributed by atoms with van der Waals surface area (Å²) in [5.41, 5.74) is -0.195. The lowest BCUT2D eigenvalue weighted by molar-refractivity contribution is -0.385. The summed E-state index contributed by atoms with van der Waals surface area (Å²) in [7, 11) is -3.66. The molecule has 0 radical (unpaired) electrons. The molecule has 0 N–H and O–H groups in total. The van der Waals surface area contributed by atoms with E-state index in [2.05, 4.69) is 4.90 Å². The van der Waals surface area contributed by atoms with E-state index in [1.165, 1.54) is 41.8 Å². The van der Waals surface area contributed by atoms with Crippen molar-refractivity contribution in [1.82, 2.24) is 9.21 Å². The van der Waals surface area contributed by atoms with Crippen LogP contribution in [0.1, 0.15) is 32.1 Å². The number of likely N-dealkylation sites (tertiary alicyclic amines) is 1. The predicted octanol–water partition coefficient (Wildman–Crippen LogP) is 2.23. The number of nitro benzene ring substituents is 1. The van der Waals surface area contributed by atoms with Crippen molar-refractivity contribution in [3.05, 3.63) is 34.4 Å². The second-order valence-corrected chi connectivity index (χ2v) is 8.42. The fraction of sp³-hybridized carbons (Fsp3) is 0.625. The number of nitrogens with zero attached hydrogens (tertiary/aromatic N) is 3. The molecule has 0 amide bonds. The number of sulfonamides is 1. The van der Waals surface area contributed by atoms with Gasteiger partial charge in [-0.15, -0.1) is 0 Å². The third-order valence-corrected chi connectivity index (χ3v) is 6.89. The normalized spacial score (nSPS) is 21.7. The zero-order valence-corrected chi connectivity index (χ0v) is 14.5. The first-order valence-electron chi connectivity index (χ1n) is 8.47. The van der Waals surface area contributed by atoms with E-state index in [1.807, 2.05) is 0 Å². The summed E-state index contributed by atoms with van der Waals surface area (Å²) in [6.07, 6.45) is 5.40. The molecule has 2 aliphatic heterocycles. The molecule has 7 nitrogen and oxygen atoms in total. The van der Waals surface area contributed by atoms with Gasteiger partial charge >= 0.3 is 0 Å².